The van der Waals surface area contributed by atoms with Gasteiger partial charge in [-0.25, -0.2) is 0 Å². The van der Waals surface area contributed by atoms with Gasteiger partial charge in [-0.3, -0.25) is 9.59 Å². The number of amides is 1. The van der Waals surface area contributed by atoms with Gasteiger partial charge in [-0.1, -0.05) is 11.6 Å². The molecule has 1 aliphatic rings. The highest BCUT2D eigenvalue weighted by Gasteiger charge is 2.27. The Hall–Kier alpha value is -1.75. The Morgan fingerprint density at radius 2 is 2.21 bits per heavy atom. The molecule has 1 aromatic carbocycles. The van der Waals surface area contributed by atoms with Crippen molar-refractivity contribution in [3.63, 3.8) is 0 Å². The number of hydrogen-bond acceptors (Lipinski definition) is 3. The maximum absolute atomic E-state index is 12.1. The number of benzene rings is 1. The summed E-state index contributed by atoms with van der Waals surface area (Å²) in [4.78, 5) is 24.2. The summed E-state index contributed by atoms with van der Waals surface area (Å²) in [6.07, 6.45) is -0.350. The molecule has 1 aliphatic heterocycles. The standard InChI is InChI=1S/C13H14ClNO4/c1-8-7-15(12(16)4-5-13(17)18)10-6-9(14)2-3-11(10)19-8/h2-3,6,8H,4-5,7H2,1H3,(H,17,18)/t8-/m0/s1. The summed E-state index contributed by atoms with van der Waals surface area (Å²) >= 11 is 5.92. The third kappa shape index (κ3) is 3.17. The van der Waals surface area contributed by atoms with Crippen molar-refractivity contribution in [3.8, 4) is 5.75 Å². The number of anilines is 1. The Balaban J connectivity index is 2.24. The van der Waals surface area contributed by atoms with E-state index in [1.807, 2.05) is 6.92 Å². The lowest BCUT2D eigenvalue weighted by atomic mass is 10.1. The van der Waals surface area contributed by atoms with Crippen molar-refractivity contribution in [2.75, 3.05) is 11.4 Å². The van der Waals surface area contributed by atoms with Gasteiger partial charge >= 0.3 is 5.97 Å². The number of ether oxygens (including phenoxy) is 1. The van der Waals surface area contributed by atoms with E-state index in [1.54, 1.807) is 23.1 Å². The molecule has 102 valence electrons. The molecule has 1 aromatic rings. The molecule has 5 nitrogen and oxygen atoms in total. The Bertz CT molecular complexity index is 517. The normalized spacial score (nSPS) is 17.6. The van der Waals surface area contributed by atoms with Gasteiger partial charge in [-0.05, 0) is 25.1 Å². The summed E-state index contributed by atoms with van der Waals surface area (Å²) < 4.78 is 5.62. The predicted octanol–water partition coefficient (Wildman–Crippen LogP) is 2.32. The van der Waals surface area contributed by atoms with Crippen molar-refractivity contribution >= 4 is 29.2 Å². The maximum Gasteiger partial charge on any atom is 0.303 e. The summed E-state index contributed by atoms with van der Waals surface area (Å²) in [5.41, 5.74) is 0.598. The number of carbonyl (C=O) groups is 2. The van der Waals surface area contributed by atoms with E-state index in [1.165, 1.54) is 0 Å². The zero-order chi connectivity index (χ0) is 14.0. The summed E-state index contributed by atoms with van der Waals surface area (Å²) in [7, 11) is 0. The highest BCUT2D eigenvalue weighted by Crippen LogP contribution is 2.36. The van der Waals surface area contributed by atoms with Crippen LogP contribution in [0.5, 0.6) is 5.75 Å². The van der Waals surface area contributed by atoms with Crippen molar-refractivity contribution < 1.29 is 19.4 Å². The van der Waals surface area contributed by atoms with Crippen LogP contribution < -0.4 is 9.64 Å². The lowest BCUT2D eigenvalue weighted by Crippen LogP contribution is -2.42. The van der Waals surface area contributed by atoms with Crippen LogP contribution in [0.3, 0.4) is 0 Å². The van der Waals surface area contributed by atoms with Crippen LogP contribution in [-0.4, -0.2) is 29.6 Å². The minimum absolute atomic E-state index is 0.0337. The van der Waals surface area contributed by atoms with Gasteiger partial charge in [0, 0.05) is 11.4 Å². The van der Waals surface area contributed by atoms with E-state index in [0.29, 0.717) is 23.0 Å². The average Bonchev–Trinajstić information content (AvgIpc) is 2.35. The van der Waals surface area contributed by atoms with Crippen LogP contribution in [-0.2, 0) is 9.59 Å². The predicted molar refractivity (Wildman–Crippen MR) is 70.8 cm³/mol. The molecule has 0 spiro atoms. The largest absolute Gasteiger partial charge is 0.487 e. The van der Waals surface area contributed by atoms with Crippen LogP contribution in [0, 0.1) is 0 Å². The molecule has 2 rings (SSSR count). The monoisotopic (exact) mass is 283 g/mol. The first kappa shape index (κ1) is 13.7. The number of carboxylic acid groups (broad SMARTS) is 1. The van der Waals surface area contributed by atoms with Crippen molar-refractivity contribution in [2.45, 2.75) is 25.9 Å². The van der Waals surface area contributed by atoms with Crippen molar-refractivity contribution in [1.29, 1.82) is 0 Å². The van der Waals surface area contributed by atoms with E-state index in [4.69, 9.17) is 21.4 Å². The second-order valence-electron chi connectivity index (χ2n) is 4.44. The van der Waals surface area contributed by atoms with Crippen molar-refractivity contribution in [2.24, 2.45) is 0 Å². The van der Waals surface area contributed by atoms with Crippen molar-refractivity contribution in [3.05, 3.63) is 23.2 Å². The van der Waals surface area contributed by atoms with Crippen LogP contribution in [0.1, 0.15) is 19.8 Å². The van der Waals surface area contributed by atoms with Crippen LogP contribution in [0.4, 0.5) is 5.69 Å². The second-order valence-corrected chi connectivity index (χ2v) is 4.88. The van der Waals surface area contributed by atoms with Crippen LogP contribution in [0.25, 0.3) is 0 Å². The summed E-state index contributed by atoms with van der Waals surface area (Å²) in [6, 6.07) is 5.06. The fraction of sp³-hybridized carbons (Fsp3) is 0.385. The molecule has 6 heteroatoms. The number of fused-ring (bicyclic) bond motifs is 1. The molecule has 0 radical (unpaired) electrons. The number of carbonyl (C=O) groups excluding carboxylic acids is 1. The number of nitrogens with zero attached hydrogens (tertiary/aromatic N) is 1. The molecule has 0 aliphatic carbocycles. The van der Waals surface area contributed by atoms with Crippen molar-refractivity contribution in [1.82, 2.24) is 0 Å². The van der Waals surface area contributed by atoms with Gasteiger partial charge in [0.1, 0.15) is 11.9 Å². The molecule has 0 saturated carbocycles. The zero-order valence-corrected chi connectivity index (χ0v) is 11.2. The van der Waals surface area contributed by atoms with Crippen LogP contribution >= 0.6 is 11.6 Å². The maximum atomic E-state index is 12.1. The molecular formula is C13H14ClNO4. The van der Waals surface area contributed by atoms with Crippen LogP contribution in [0.2, 0.25) is 5.02 Å². The Morgan fingerprint density at radius 1 is 1.47 bits per heavy atom. The molecule has 0 unspecified atom stereocenters. The number of rotatable bonds is 3. The lowest BCUT2D eigenvalue weighted by Gasteiger charge is -2.33. The first-order valence-electron chi connectivity index (χ1n) is 5.95. The molecule has 0 fully saturated rings. The lowest BCUT2D eigenvalue weighted by molar-refractivity contribution is -0.138. The molecule has 1 atom stereocenters. The highest BCUT2D eigenvalue weighted by molar-refractivity contribution is 6.31. The Morgan fingerprint density at radius 3 is 2.89 bits per heavy atom. The summed E-state index contributed by atoms with van der Waals surface area (Å²) in [5, 5.41) is 9.14. The minimum Gasteiger partial charge on any atom is -0.487 e. The topological polar surface area (TPSA) is 66.8 Å². The smallest absolute Gasteiger partial charge is 0.303 e. The molecular weight excluding hydrogens is 270 g/mol. The van der Waals surface area contributed by atoms with E-state index in [9.17, 15) is 9.59 Å². The van der Waals surface area contributed by atoms with Gasteiger partial charge in [-0.15, -0.1) is 0 Å². The number of carboxylic acids is 1. The molecule has 0 saturated heterocycles. The van der Waals surface area contributed by atoms with E-state index in [0.717, 1.165) is 0 Å². The third-order valence-corrected chi connectivity index (χ3v) is 3.07. The van der Waals surface area contributed by atoms with Gasteiger partial charge in [0.05, 0.1) is 18.7 Å². The SMILES string of the molecule is C[C@H]1CN(C(=O)CCC(=O)O)c2cc(Cl)ccc2O1. The first-order valence-corrected chi connectivity index (χ1v) is 6.33. The third-order valence-electron chi connectivity index (χ3n) is 2.83. The Kier molecular flexibility index (Phi) is 3.95. The summed E-state index contributed by atoms with van der Waals surface area (Å²) in [6.45, 7) is 2.25. The average molecular weight is 284 g/mol. The quantitative estimate of drug-likeness (QED) is 0.924. The van der Waals surface area contributed by atoms with E-state index in [2.05, 4.69) is 0 Å². The fourth-order valence-corrected chi connectivity index (χ4v) is 2.16. The van der Waals surface area contributed by atoms with E-state index in [-0.39, 0.29) is 24.9 Å². The molecule has 1 heterocycles. The fourth-order valence-electron chi connectivity index (χ4n) is 2.00. The highest BCUT2D eigenvalue weighted by atomic mass is 35.5. The van der Waals surface area contributed by atoms with Gasteiger partial charge in [0.15, 0.2) is 0 Å². The van der Waals surface area contributed by atoms with Gasteiger partial charge in [0.2, 0.25) is 5.91 Å². The molecule has 19 heavy (non-hydrogen) atoms. The molecule has 1 N–H and O–H groups in total. The van der Waals surface area contributed by atoms with Gasteiger partial charge < -0.3 is 14.7 Å². The second kappa shape index (κ2) is 5.48. The summed E-state index contributed by atoms with van der Waals surface area (Å²) in [5.74, 6) is -0.631. The number of hydrogen-bond donors (Lipinski definition) is 1. The van der Waals surface area contributed by atoms with Crippen LogP contribution in [0.15, 0.2) is 18.2 Å². The molecule has 0 bridgehead atoms. The molecule has 1 amide bonds. The number of aliphatic carboxylic acids is 1. The minimum atomic E-state index is -0.985. The first-order chi connectivity index (χ1) is 8.97. The molecule has 0 aromatic heterocycles. The van der Waals surface area contributed by atoms with E-state index >= 15 is 0 Å². The zero-order valence-electron chi connectivity index (χ0n) is 10.4. The number of halogens is 1. The van der Waals surface area contributed by atoms with Gasteiger partial charge in [0.25, 0.3) is 0 Å². The van der Waals surface area contributed by atoms with E-state index < -0.39 is 5.97 Å². The van der Waals surface area contributed by atoms with Gasteiger partial charge in [-0.2, -0.15) is 0 Å². The Labute approximate surface area is 115 Å².